The zero-order chi connectivity index (χ0) is 14.7. The van der Waals surface area contributed by atoms with Crippen molar-refractivity contribution in [2.75, 3.05) is 0 Å². The minimum atomic E-state index is -0.196. The maximum absolute atomic E-state index is 12.0. The largest absolute Gasteiger partial charge is 0.342 e. The van der Waals surface area contributed by atoms with Crippen LogP contribution in [0.25, 0.3) is 11.3 Å². The Kier molecular flexibility index (Phi) is 3.74. The third-order valence-electron chi connectivity index (χ3n) is 2.94. The maximum Gasteiger partial charge on any atom is 0.269 e. The fraction of sp³-hybridized carbons (Fsp3) is 0.143. The highest BCUT2D eigenvalue weighted by Crippen LogP contribution is 2.24. The Morgan fingerprint density at radius 1 is 1.38 bits per heavy atom. The first-order chi connectivity index (χ1) is 10.2. The van der Waals surface area contributed by atoms with Gasteiger partial charge in [0, 0.05) is 29.5 Å². The highest BCUT2D eigenvalue weighted by Gasteiger charge is 2.15. The lowest BCUT2D eigenvalue weighted by molar-refractivity contribution is 0.0935. The number of thiazole rings is 1. The van der Waals surface area contributed by atoms with Gasteiger partial charge in [0.05, 0.1) is 11.7 Å². The van der Waals surface area contributed by atoms with Gasteiger partial charge in [-0.25, -0.2) is 4.98 Å². The molecule has 3 rings (SSSR count). The Morgan fingerprint density at radius 2 is 2.29 bits per heavy atom. The SMILES string of the molecule is C[C@@H](NC(=O)c1ccn[nH]1)c1nc(-c2cccnc2)cs1. The predicted molar refractivity (Wildman–Crippen MR) is 79.8 cm³/mol. The predicted octanol–water partition coefficient (Wildman–Crippen LogP) is 2.42. The molecule has 0 aromatic carbocycles. The van der Waals surface area contributed by atoms with Crippen LogP contribution in [0.5, 0.6) is 0 Å². The van der Waals surface area contributed by atoms with E-state index in [9.17, 15) is 4.79 Å². The summed E-state index contributed by atoms with van der Waals surface area (Å²) in [4.78, 5) is 20.6. The Bertz CT molecular complexity index is 723. The second-order valence-corrected chi connectivity index (χ2v) is 5.37. The molecule has 7 heteroatoms. The molecule has 21 heavy (non-hydrogen) atoms. The van der Waals surface area contributed by atoms with E-state index in [2.05, 4.69) is 25.5 Å². The fourth-order valence-corrected chi connectivity index (χ4v) is 2.69. The molecule has 2 N–H and O–H groups in total. The van der Waals surface area contributed by atoms with Gasteiger partial charge in [-0.3, -0.25) is 14.9 Å². The fourth-order valence-electron chi connectivity index (χ4n) is 1.85. The van der Waals surface area contributed by atoms with Crippen molar-refractivity contribution in [1.29, 1.82) is 0 Å². The number of nitrogens with one attached hydrogen (secondary N) is 2. The lowest BCUT2D eigenvalue weighted by atomic mass is 10.2. The smallest absolute Gasteiger partial charge is 0.269 e. The Hall–Kier alpha value is -2.54. The van der Waals surface area contributed by atoms with E-state index < -0.39 is 0 Å². The van der Waals surface area contributed by atoms with Crippen molar-refractivity contribution < 1.29 is 4.79 Å². The van der Waals surface area contributed by atoms with Gasteiger partial charge in [0.25, 0.3) is 5.91 Å². The average Bonchev–Trinajstić information content (AvgIpc) is 3.20. The first-order valence-corrected chi connectivity index (χ1v) is 7.28. The summed E-state index contributed by atoms with van der Waals surface area (Å²) in [6.45, 7) is 1.90. The number of amides is 1. The second-order valence-electron chi connectivity index (χ2n) is 4.48. The molecule has 0 aliphatic carbocycles. The number of H-pyrrole nitrogens is 1. The third kappa shape index (κ3) is 2.97. The molecule has 0 saturated heterocycles. The molecule has 0 bridgehead atoms. The lowest BCUT2D eigenvalue weighted by Crippen LogP contribution is -2.26. The topological polar surface area (TPSA) is 83.6 Å². The van der Waals surface area contributed by atoms with Gasteiger partial charge >= 0.3 is 0 Å². The van der Waals surface area contributed by atoms with Crippen LogP contribution in [0, 0.1) is 0 Å². The van der Waals surface area contributed by atoms with Crippen LogP contribution in [-0.4, -0.2) is 26.1 Å². The van der Waals surface area contributed by atoms with E-state index in [4.69, 9.17) is 0 Å². The van der Waals surface area contributed by atoms with Crippen molar-refractivity contribution in [3.05, 3.63) is 52.9 Å². The second kappa shape index (κ2) is 5.84. The van der Waals surface area contributed by atoms with E-state index >= 15 is 0 Å². The summed E-state index contributed by atoms with van der Waals surface area (Å²) < 4.78 is 0. The number of carbonyl (C=O) groups is 1. The van der Waals surface area contributed by atoms with Gasteiger partial charge in [-0.1, -0.05) is 0 Å². The zero-order valence-corrected chi connectivity index (χ0v) is 12.1. The Labute approximate surface area is 125 Å². The molecule has 1 atom stereocenters. The summed E-state index contributed by atoms with van der Waals surface area (Å²) in [5.74, 6) is -0.196. The summed E-state index contributed by atoms with van der Waals surface area (Å²) in [6.07, 6.45) is 5.04. The third-order valence-corrected chi connectivity index (χ3v) is 3.97. The molecular formula is C14H13N5OS. The van der Waals surface area contributed by atoms with Crippen LogP contribution in [0.1, 0.15) is 28.5 Å². The van der Waals surface area contributed by atoms with Gasteiger partial charge in [-0.05, 0) is 25.1 Å². The molecule has 3 heterocycles. The van der Waals surface area contributed by atoms with E-state index in [-0.39, 0.29) is 11.9 Å². The standard InChI is InChI=1S/C14H13N5OS/c1-9(17-13(20)11-4-6-16-19-11)14-18-12(8-21-14)10-3-2-5-15-7-10/h2-9H,1H3,(H,16,19)(H,17,20)/t9-/m1/s1. The zero-order valence-electron chi connectivity index (χ0n) is 11.3. The molecule has 0 radical (unpaired) electrons. The summed E-state index contributed by atoms with van der Waals surface area (Å²) >= 11 is 1.51. The van der Waals surface area contributed by atoms with Crippen LogP contribution < -0.4 is 5.32 Å². The van der Waals surface area contributed by atoms with Crippen LogP contribution in [0.4, 0.5) is 0 Å². The molecule has 0 aliphatic heterocycles. The van der Waals surface area contributed by atoms with Gasteiger partial charge < -0.3 is 5.32 Å². The monoisotopic (exact) mass is 299 g/mol. The highest BCUT2D eigenvalue weighted by molar-refractivity contribution is 7.10. The number of nitrogens with zero attached hydrogens (tertiary/aromatic N) is 3. The Balaban J connectivity index is 1.73. The molecule has 0 fully saturated rings. The molecule has 3 aromatic rings. The van der Waals surface area contributed by atoms with Gasteiger partial charge in [0.2, 0.25) is 0 Å². The highest BCUT2D eigenvalue weighted by atomic mass is 32.1. The number of rotatable bonds is 4. The quantitative estimate of drug-likeness (QED) is 0.775. The summed E-state index contributed by atoms with van der Waals surface area (Å²) in [6, 6.07) is 5.29. The number of hydrogen-bond acceptors (Lipinski definition) is 5. The number of aromatic nitrogens is 4. The van der Waals surface area contributed by atoms with Gasteiger partial charge in [-0.2, -0.15) is 5.10 Å². The Morgan fingerprint density at radius 3 is 3.00 bits per heavy atom. The summed E-state index contributed by atoms with van der Waals surface area (Å²) in [7, 11) is 0. The molecule has 106 valence electrons. The van der Waals surface area contributed by atoms with E-state index in [1.165, 1.54) is 11.3 Å². The molecule has 0 spiro atoms. The van der Waals surface area contributed by atoms with Crippen LogP contribution in [0.3, 0.4) is 0 Å². The summed E-state index contributed by atoms with van der Waals surface area (Å²) in [5.41, 5.74) is 2.27. The maximum atomic E-state index is 12.0. The first-order valence-electron chi connectivity index (χ1n) is 6.40. The van der Waals surface area contributed by atoms with Crippen molar-refractivity contribution in [2.45, 2.75) is 13.0 Å². The van der Waals surface area contributed by atoms with E-state index in [0.29, 0.717) is 5.69 Å². The number of aromatic amines is 1. The molecule has 0 saturated carbocycles. The molecule has 6 nitrogen and oxygen atoms in total. The van der Waals surface area contributed by atoms with Crippen molar-refractivity contribution in [1.82, 2.24) is 25.5 Å². The van der Waals surface area contributed by atoms with Crippen LogP contribution >= 0.6 is 11.3 Å². The van der Waals surface area contributed by atoms with Crippen molar-refractivity contribution >= 4 is 17.2 Å². The minimum Gasteiger partial charge on any atom is -0.342 e. The van der Waals surface area contributed by atoms with Crippen LogP contribution in [-0.2, 0) is 0 Å². The van der Waals surface area contributed by atoms with Gasteiger partial charge in [0.1, 0.15) is 10.7 Å². The average molecular weight is 299 g/mol. The van der Waals surface area contributed by atoms with Crippen molar-refractivity contribution in [2.24, 2.45) is 0 Å². The molecule has 3 aromatic heterocycles. The molecule has 0 unspecified atom stereocenters. The van der Waals surface area contributed by atoms with Crippen molar-refractivity contribution in [3.8, 4) is 11.3 Å². The van der Waals surface area contributed by atoms with Crippen LogP contribution in [0.2, 0.25) is 0 Å². The van der Waals surface area contributed by atoms with E-state index in [1.807, 2.05) is 24.4 Å². The number of carbonyl (C=O) groups excluding carboxylic acids is 1. The van der Waals surface area contributed by atoms with Gasteiger partial charge in [0.15, 0.2) is 0 Å². The number of pyridine rings is 1. The van der Waals surface area contributed by atoms with Crippen LogP contribution in [0.15, 0.2) is 42.2 Å². The van der Waals surface area contributed by atoms with E-state index in [1.54, 1.807) is 24.7 Å². The first kappa shape index (κ1) is 13.4. The minimum absolute atomic E-state index is 0.170. The summed E-state index contributed by atoms with van der Waals surface area (Å²) in [5, 5.41) is 12.1. The van der Waals surface area contributed by atoms with Crippen molar-refractivity contribution in [3.63, 3.8) is 0 Å². The van der Waals surface area contributed by atoms with Gasteiger partial charge in [-0.15, -0.1) is 11.3 Å². The molecule has 0 aliphatic rings. The number of hydrogen-bond donors (Lipinski definition) is 2. The molecule has 1 amide bonds. The molecular weight excluding hydrogens is 286 g/mol. The lowest BCUT2D eigenvalue weighted by Gasteiger charge is -2.09. The van der Waals surface area contributed by atoms with E-state index in [0.717, 1.165) is 16.3 Å². The normalized spacial score (nSPS) is 12.0.